The average molecular weight is 389 g/mol. The first kappa shape index (κ1) is 23.6. The molecule has 3 atom stereocenters. The van der Waals surface area contributed by atoms with E-state index in [1.54, 1.807) is 13.0 Å². The van der Waals surface area contributed by atoms with E-state index in [2.05, 4.69) is 30.4 Å². The molecule has 6 nitrogen and oxygen atoms in total. The van der Waals surface area contributed by atoms with Crippen LogP contribution in [-0.4, -0.2) is 46.5 Å². The Morgan fingerprint density at radius 1 is 1.21 bits per heavy atom. The van der Waals surface area contributed by atoms with Gasteiger partial charge in [0.05, 0.1) is 13.2 Å². The van der Waals surface area contributed by atoms with Crippen molar-refractivity contribution in [1.29, 1.82) is 0 Å². The van der Waals surface area contributed by atoms with Crippen LogP contribution in [0.1, 0.15) is 49.8 Å². The summed E-state index contributed by atoms with van der Waals surface area (Å²) in [5.41, 5.74) is 3.80. The third-order valence-corrected chi connectivity index (χ3v) is 4.58. The number of carboxylic acid groups (broad SMARTS) is 1. The number of carbonyl (C=O) groups excluding carboxylic acids is 1. The molecule has 1 aromatic rings. The van der Waals surface area contributed by atoms with Gasteiger partial charge in [0, 0.05) is 5.57 Å². The number of rotatable bonds is 10. The first-order chi connectivity index (χ1) is 13.2. The monoisotopic (exact) mass is 389 g/mol. The summed E-state index contributed by atoms with van der Waals surface area (Å²) >= 11 is 0. The minimum absolute atomic E-state index is 0.0135. The third-order valence-electron chi connectivity index (χ3n) is 4.58. The van der Waals surface area contributed by atoms with Crippen molar-refractivity contribution < 1.29 is 24.9 Å². The molecule has 0 fully saturated rings. The summed E-state index contributed by atoms with van der Waals surface area (Å²) < 4.78 is 0. The lowest BCUT2D eigenvalue weighted by Crippen LogP contribution is -2.43. The maximum atomic E-state index is 12.1. The molecule has 0 radical (unpaired) electrons. The zero-order valence-electron chi connectivity index (χ0n) is 17.0. The van der Waals surface area contributed by atoms with Crippen molar-refractivity contribution >= 4 is 18.0 Å². The highest BCUT2D eigenvalue weighted by Crippen LogP contribution is 2.28. The third kappa shape index (κ3) is 7.29. The molecule has 0 saturated heterocycles. The number of benzene rings is 1. The second-order valence-electron chi connectivity index (χ2n) is 7.23. The molecule has 0 bridgehead atoms. The molecular weight excluding hydrogens is 358 g/mol. The van der Waals surface area contributed by atoms with Crippen LogP contribution in [0.4, 0.5) is 0 Å². The topological polar surface area (TPSA) is 107 Å². The molecule has 1 aromatic carbocycles. The predicted octanol–water partition coefficient (Wildman–Crippen LogP) is 2.64. The molecule has 4 N–H and O–H groups in total. The van der Waals surface area contributed by atoms with Gasteiger partial charge in [-0.3, -0.25) is 4.79 Å². The number of aliphatic hydroxyl groups is 2. The molecule has 1 rings (SSSR count). The van der Waals surface area contributed by atoms with Crippen molar-refractivity contribution in [2.24, 2.45) is 5.92 Å². The van der Waals surface area contributed by atoms with E-state index in [0.29, 0.717) is 5.57 Å². The van der Waals surface area contributed by atoms with E-state index >= 15 is 0 Å². The number of allylic oxidation sites excluding steroid dienone is 1. The normalized spacial score (nSPS) is 15.3. The SMILES string of the molecule is CC(=C[C@@H](C)C[C@H](C)c1ccc(C)cc1C=CCO)C(=O)N[C@@H](CO)C(=O)O. The second-order valence-corrected chi connectivity index (χ2v) is 7.23. The maximum Gasteiger partial charge on any atom is 0.328 e. The van der Waals surface area contributed by atoms with Crippen molar-refractivity contribution in [1.82, 2.24) is 5.32 Å². The van der Waals surface area contributed by atoms with Gasteiger partial charge in [-0.1, -0.05) is 55.8 Å². The molecule has 6 heteroatoms. The van der Waals surface area contributed by atoms with Gasteiger partial charge in [0.2, 0.25) is 5.91 Å². The molecule has 0 aromatic heterocycles. The minimum Gasteiger partial charge on any atom is -0.480 e. The van der Waals surface area contributed by atoms with Crippen molar-refractivity contribution in [3.05, 3.63) is 52.6 Å². The lowest BCUT2D eigenvalue weighted by atomic mass is 9.87. The Morgan fingerprint density at radius 3 is 2.46 bits per heavy atom. The van der Waals surface area contributed by atoms with Gasteiger partial charge >= 0.3 is 5.97 Å². The number of aliphatic hydroxyl groups excluding tert-OH is 2. The average Bonchev–Trinajstić information content (AvgIpc) is 2.63. The molecule has 0 unspecified atom stereocenters. The van der Waals surface area contributed by atoms with E-state index in [4.69, 9.17) is 15.3 Å². The predicted molar refractivity (Wildman–Crippen MR) is 110 cm³/mol. The number of carboxylic acids is 1. The molecule has 0 heterocycles. The molecule has 0 spiro atoms. The summed E-state index contributed by atoms with van der Waals surface area (Å²) in [4.78, 5) is 23.1. The van der Waals surface area contributed by atoms with E-state index < -0.39 is 24.5 Å². The Balaban J connectivity index is 2.85. The standard InChI is InChI=1S/C22H31NO5/c1-14-7-8-19(18(12-14)6-5-9-24)16(3)10-15(2)11-17(4)21(26)23-20(13-25)22(27)28/h5-8,11-12,15-16,20,24-25H,9-10,13H2,1-4H3,(H,23,26)(H,27,28)/t15-,16-,20-/m0/s1. The Hall–Kier alpha value is -2.44. The van der Waals surface area contributed by atoms with Crippen LogP contribution in [0.2, 0.25) is 0 Å². The zero-order valence-corrected chi connectivity index (χ0v) is 17.0. The first-order valence-electron chi connectivity index (χ1n) is 9.40. The largest absolute Gasteiger partial charge is 0.480 e. The van der Waals surface area contributed by atoms with Gasteiger partial charge in [-0.15, -0.1) is 0 Å². The molecule has 154 valence electrons. The quantitative estimate of drug-likeness (QED) is 0.460. The van der Waals surface area contributed by atoms with Gasteiger partial charge in [0.25, 0.3) is 0 Å². The molecule has 0 saturated carbocycles. The van der Waals surface area contributed by atoms with Gasteiger partial charge in [0.1, 0.15) is 0 Å². The number of amides is 1. The first-order valence-corrected chi connectivity index (χ1v) is 9.40. The van der Waals surface area contributed by atoms with Crippen LogP contribution in [0, 0.1) is 12.8 Å². The van der Waals surface area contributed by atoms with Crippen LogP contribution in [0.15, 0.2) is 35.9 Å². The van der Waals surface area contributed by atoms with E-state index in [1.807, 2.05) is 26.0 Å². The van der Waals surface area contributed by atoms with Crippen LogP contribution in [0.3, 0.4) is 0 Å². The van der Waals surface area contributed by atoms with Crippen molar-refractivity contribution in [3.63, 3.8) is 0 Å². The Bertz CT molecular complexity index is 738. The zero-order chi connectivity index (χ0) is 21.3. The summed E-state index contributed by atoms with van der Waals surface area (Å²) in [6.07, 6.45) is 6.25. The number of hydrogen-bond acceptors (Lipinski definition) is 4. The van der Waals surface area contributed by atoms with Crippen molar-refractivity contribution in [3.8, 4) is 0 Å². The number of aryl methyl sites for hydroxylation is 1. The van der Waals surface area contributed by atoms with Gasteiger partial charge < -0.3 is 20.6 Å². The van der Waals surface area contributed by atoms with Crippen molar-refractivity contribution in [2.45, 2.75) is 46.1 Å². The summed E-state index contributed by atoms with van der Waals surface area (Å²) in [6, 6.07) is 4.92. The second kappa shape index (κ2) is 11.4. The van der Waals surface area contributed by atoms with Crippen LogP contribution in [0.25, 0.3) is 6.08 Å². The van der Waals surface area contributed by atoms with E-state index in [9.17, 15) is 9.59 Å². The van der Waals surface area contributed by atoms with Crippen LogP contribution in [0.5, 0.6) is 0 Å². The number of nitrogens with one attached hydrogen (secondary N) is 1. The molecule has 1 amide bonds. The van der Waals surface area contributed by atoms with E-state index in [1.165, 1.54) is 5.56 Å². The van der Waals surface area contributed by atoms with Crippen LogP contribution >= 0.6 is 0 Å². The highest BCUT2D eigenvalue weighted by Gasteiger charge is 2.20. The van der Waals surface area contributed by atoms with Crippen molar-refractivity contribution in [2.75, 3.05) is 13.2 Å². The van der Waals surface area contributed by atoms with E-state index in [0.717, 1.165) is 17.5 Å². The Labute approximate surface area is 166 Å². The molecular formula is C22H31NO5. The number of hydrogen-bond donors (Lipinski definition) is 4. The Kier molecular flexibility index (Phi) is 9.62. The van der Waals surface area contributed by atoms with Crippen LogP contribution < -0.4 is 5.32 Å². The summed E-state index contributed by atoms with van der Waals surface area (Å²) in [7, 11) is 0. The molecule has 28 heavy (non-hydrogen) atoms. The van der Waals surface area contributed by atoms with Gasteiger partial charge in [-0.25, -0.2) is 4.79 Å². The van der Waals surface area contributed by atoms with Crippen LogP contribution in [-0.2, 0) is 9.59 Å². The van der Waals surface area contributed by atoms with Gasteiger partial charge in [-0.05, 0) is 43.2 Å². The molecule has 0 aliphatic rings. The highest BCUT2D eigenvalue weighted by molar-refractivity contribution is 5.95. The molecule has 0 aliphatic heterocycles. The van der Waals surface area contributed by atoms with E-state index in [-0.39, 0.29) is 18.4 Å². The van der Waals surface area contributed by atoms with Gasteiger partial charge in [0.15, 0.2) is 6.04 Å². The summed E-state index contributed by atoms with van der Waals surface area (Å²) in [5.74, 6) is -1.45. The number of carbonyl (C=O) groups is 2. The lowest BCUT2D eigenvalue weighted by molar-refractivity contribution is -0.142. The minimum atomic E-state index is -1.31. The fourth-order valence-corrected chi connectivity index (χ4v) is 3.18. The number of aliphatic carboxylic acids is 1. The smallest absolute Gasteiger partial charge is 0.328 e. The molecule has 0 aliphatic carbocycles. The summed E-state index contributed by atoms with van der Waals surface area (Å²) in [6.45, 7) is 7.11. The fraction of sp³-hybridized carbons (Fsp3) is 0.455. The fourth-order valence-electron chi connectivity index (χ4n) is 3.18. The summed E-state index contributed by atoms with van der Waals surface area (Å²) in [5, 5.41) is 29.3. The highest BCUT2D eigenvalue weighted by atomic mass is 16.4. The Morgan fingerprint density at radius 2 is 1.89 bits per heavy atom. The lowest BCUT2D eigenvalue weighted by Gasteiger charge is -2.19. The van der Waals surface area contributed by atoms with Gasteiger partial charge in [-0.2, -0.15) is 0 Å². The maximum absolute atomic E-state index is 12.1.